The Morgan fingerprint density at radius 1 is 1.35 bits per heavy atom. The van der Waals surface area contributed by atoms with Crippen molar-refractivity contribution in [1.29, 1.82) is 0 Å². The van der Waals surface area contributed by atoms with E-state index in [0.29, 0.717) is 18.0 Å². The van der Waals surface area contributed by atoms with Crippen molar-refractivity contribution in [3.05, 3.63) is 23.8 Å². The van der Waals surface area contributed by atoms with Crippen LogP contribution in [0.5, 0.6) is 5.75 Å². The van der Waals surface area contributed by atoms with Crippen molar-refractivity contribution in [2.45, 2.75) is 13.5 Å². The predicted molar refractivity (Wildman–Crippen MR) is 66.8 cm³/mol. The standard InChI is InChI=1S/C10H17N3O3S/c1-3-12-17(14,15)13-7-8-4-5-10(16-2)9(11)6-8/h4-6,12-13H,3,7,11H2,1-2H3. The van der Waals surface area contributed by atoms with Crippen LogP contribution in [-0.2, 0) is 16.8 Å². The summed E-state index contributed by atoms with van der Waals surface area (Å²) in [6.07, 6.45) is 0. The van der Waals surface area contributed by atoms with E-state index in [1.807, 2.05) is 0 Å². The van der Waals surface area contributed by atoms with E-state index in [0.717, 1.165) is 5.56 Å². The summed E-state index contributed by atoms with van der Waals surface area (Å²) in [5.74, 6) is 0.572. The molecule has 0 atom stereocenters. The monoisotopic (exact) mass is 259 g/mol. The molecule has 0 unspecified atom stereocenters. The molecule has 0 fully saturated rings. The van der Waals surface area contributed by atoms with Crippen LogP contribution in [0.15, 0.2) is 18.2 Å². The third kappa shape index (κ3) is 4.22. The van der Waals surface area contributed by atoms with E-state index in [4.69, 9.17) is 10.5 Å². The fourth-order valence-corrected chi connectivity index (χ4v) is 2.15. The van der Waals surface area contributed by atoms with Gasteiger partial charge in [0.25, 0.3) is 10.2 Å². The van der Waals surface area contributed by atoms with Gasteiger partial charge in [0.05, 0.1) is 12.8 Å². The zero-order valence-corrected chi connectivity index (χ0v) is 10.7. The minimum Gasteiger partial charge on any atom is -0.495 e. The van der Waals surface area contributed by atoms with Gasteiger partial charge in [-0.1, -0.05) is 13.0 Å². The highest BCUT2D eigenvalue weighted by atomic mass is 32.2. The highest BCUT2D eigenvalue weighted by molar-refractivity contribution is 7.87. The summed E-state index contributed by atoms with van der Waals surface area (Å²) in [6, 6.07) is 5.13. The van der Waals surface area contributed by atoms with Crippen molar-refractivity contribution < 1.29 is 13.2 Å². The molecule has 0 radical (unpaired) electrons. The molecule has 6 nitrogen and oxygen atoms in total. The lowest BCUT2D eigenvalue weighted by Crippen LogP contribution is -2.35. The lowest BCUT2D eigenvalue weighted by atomic mass is 10.2. The van der Waals surface area contributed by atoms with E-state index in [2.05, 4.69) is 9.44 Å². The van der Waals surface area contributed by atoms with Crippen LogP contribution in [0.2, 0.25) is 0 Å². The van der Waals surface area contributed by atoms with Gasteiger partial charge in [0.15, 0.2) is 0 Å². The summed E-state index contributed by atoms with van der Waals surface area (Å²) in [6.45, 7) is 2.24. The zero-order chi connectivity index (χ0) is 12.9. The van der Waals surface area contributed by atoms with Crippen LogP contribution in [0.3, 0.4) is 0 Å². The Morgan fingerprint density at radius 2 is 2.06 bits per heavy atom. The molecule has 1 aromatic rings. The topological polar surface area (TPSA) is 93.5 Å². The molecule has 0 aromatic heterocycles. The molecular formula is C10H17N3O3S. The Bertz CT molecular complexity index is 474. The van der Waals surface area contributed by atoms with Gasteiger partial charge in [-0.25, -0.2) is 4.72 Å². The lowest BCUT2D eigenvalue weighted by Gasteiger charge is -2.09. The van der Waals surface area contributed by atoms with Crippen LogP contribution in [0.25, 0.3) is 0 Å². The Hall–Kier alpha value is -1.31. The molecule has 4 N–H and O–H groups in total. The molecule has 0 amide bonds. The number of ether oxygens (including phenoxy) is 1. The summed E-state index contributed by atoms with van der Waals surface area (Å²) in [4.78, 5) is 0. The minimum atomic E-state index is -3.43. The number of hydrogen-bond donors (Lipinski definition) is 3. The maximum Gasteiger partial charge on any atom is 0.277 e. The van der Waals surface area contributed by atoms with Crippen LogP contribution >= 0.6 is 0 Å². The molecule has 0 saturated carbocycles. The van der Waals surface area contributed by atoms with Crippen LogP contribution in [-0.4, -0.2) is 22.1 Å². The molecule has 96 valence electrons. The maximum atomic E-state index is 11.3. The number of anilines is 1. The number of rotatable bonds is 6. The van der Waals surface area contributed by atoms with E-state index in [9.17, 15) is 8.42 Å². The van der Waals surface area contributed by atoms with E-state index in [1.165, 1.54) is 7.11 Å². The highest BCUT2D eigenvalue weighted by Crippen LogP contribution is 2.21. The number of methoxy groups -OCH3 is 1. The number of nitrogen functional groups attached to an aromatic ring is 1. The molecule has 0 spiro atoms. The largest absolute Gasteiger partial charge is 0.495 e. The second-order valence-corrected chi connectivity index (χ2v) is 4.98. The van der Waals surface area contributed by atoms with Crippen LogP contribution < -0.4 is 19.9 Å². The van der Waals surface area contributed by atoms with Crippen LogP contribution in [0.1, 0.15) is 12.5 Å². The molecule has 1 aromatic carbocycles. The zero-order valence-electron chi connectivity index (χ0n) is 9.86. The smallest absolute Gasteiger partial charge is 0.277 e. The summed E-state index contributed by atoms with van der Waals surface area (Å²) < 4.78 is 32.4. The first-order valence-electron chi connectivity index (χ1n) is 5.15. The number of benzene rings is 1. The molecular weight excluding hydrogens is 242 g/mol. The Balaban J connectivity index is 2.67. The molecule has 0 aliphatic heterocycles. The first-order valence-corrected chi connectivity index (χ1v) is 6.63. The Kier molecular flexibility index (Phi) is 4.73. The molecule has 0 aliphatic carbocycles. The van der Waals surface area contributed by atoms with Gasteiger partial charge in [-0.05, 0) is 17.7 Å². The van der Waals surface area contributed by atoms with Crippen LogP contribution in [0.4, 0.5) is 5.69 Å². The average molecular weight is 259 g/mol. The third-order valence-electron chi connectivity index (χ3n) is 2.09. The van der Waals surface area contributed by atoms with Gasteiger partial charge >= 0.3 is 0 Å². The molecule has 0 heterocycles. The van der Waals surface area contributed by atoms with Gasteiger partial charge in [0.1, 0.15) is 5.75 Å². The first kappa shape index (κ1) is 13.8. The molecule has 0 bridgehead atoms. The summed E-state index contributed by atoms with van der Waals surface area (Å²) >= 11 is 0. The summed E-state index contributed by atoms with van der Waals surface area (Å²) in [5, 5.41) is 0. The summed E-state index contributed by atoms with van der Waals surface area (Å²) in [5.41, 5.74) is 6.96. The predicted octanol–water partition coefficient (Wildman–Crippen LogP) is 0.221. The second kappa shape index (κ2) is 5.85. The first-order chi connectivity index (χ1) is 7.98. The number of nitrogens with two attached hydrogens (primary N) is 1. The van der Waals surface area contributed by atoms with Gasteiger partial charge in [0, 0.05) is 13.1 Å². The molecule has 1 rings (SSSR count). The number of hydrogen-bond acceptors (Lipinski definition) is 4. The molecule has 7 heteroatoms. The third-order valence-corrected chi connectivity index (χ3v) is 3.29. The van der Waals surface area contributed by atoms with Crippen LogP contribution in [0, 0.1) is 0 Å². The maximum absolute atomic E-state index is 11.3. The molecule has 0 saturated heterocycles. The SMILES string of the molecule is CCNS(=O)(=O)NCc1ccc(OC)c(N)c1. The minimum absolute atomic E-state index is 0.184. The second-order valence-electron chi connectivity index (χ2n) is 3.40. The quantitative estimate of drug-likeness (QED) is 0.637. The van der Waals surface area contributed by atoms with Gasteiger partial charge < -0.3 is 10.5 Å². The van der Waals surface area contributed by atoms with Crippen molar-refractivity contribution in [3.63, 3.8) is 0 Å². The van der Waals surface area contributed by atoms with E-state index in [1.54, 1.807) is 25.1 Å². The Morgan fingerprint density at radius 3 is 2.59 bits per heavy atom. The van der Waals surface area contributed by atoms with Gasteiger partial charge in [0.2, 0.25) is 0 Å². The van der Waals surface area contributed by atoms with Crippen molar-refractivity contribution >= 4 is 15.9 Å². The van der Waals surface area contributed by atoms with Crippen molar-refractivity contribution in [2.75, 3.05) is 19.4 Å². The highest BCUT2D eigenvalue weighted by Gasteiger charge is 2.07. The lowest BCUT2D eigenvalue weighted by molar-refractivity contribution is 0.417. The van der Waals surface area contributed by atoms with E-state index >= 15 is 0 Å². The molecule has 17 heavy (non-hydrogen) atoms. The number of nitrogens with one attached hydrogen (secondary N) is 2. The fourth-order valence-electron chi connectivity index (χ4n) is 1.31. The van der Waals surface area contributed by atoms with E-state index < -0.39 is 10.2 Å². The summed E-state index contributed by atoms with van der Waals surface area (Å²) in [7, 11) is -1.90. The van der Waals surface area contributed by atoms with Gasteiger partial charge in [-0.3, -0.25) is 0 Å². The van der Waals surface area contributed by atoms with Crippen molar-refractivity contribution in [2.24, 2.45) is 0 Å². The fraction of sp³-hybridized carbons (Fsp3) is 0.400. The van der Waals surface area contributed by atoms with Gasteiger partial charge in [-0.15, -0.1) is 0 Å². The van der Waals surface area contributed by atoms with Crippen molar-refractivity contribution in [1.82, 2.24) is 9.44 Å². The van der Waals surface area contributed by atoms with Crippen molar-refractivity contribution in [3.8, 4) is 5.75 Å². The average Bonchev–Trinajstić information content (AvgIpc) is 2.27. The normalized spacial score (nSPS) is 11.4. The van der Waals surface area contributed by atoms with Gasteiger partial charge in [-0.2, -0.15) is 13.1 Å². The van der Waals surface area contributed by atoms with E-state index in [-0.39, 0.29) is 6.54 Å². The molecule has 0 aliphatic rings. The Labute approximate surface area is 101 Å².